The van der Waals surface area contributed by atoms with E-state index in [1.54, 1.807) is 0 Å². The van der Waals surface area contributed by atoms with Crippen molar-refractivity contribution in [3.05, 3.63) is 0 Å². The summed E-state index contributed by atoms with van der Waals surface area (Å²) in [4.78, 5) is 0. The van der Waals surface area contributed by atoms with Crippen LogP contribution in [-0.2, 0) is 0 Å². The second kappa shape index (κ2) is 3.77. The van der Waals surface area contributed by atoms with Gasteiger partial charge in [-0.15, -0.1) is 0 Å². The molecule has 1 aliphatic carbocycles. The zero-order valence-electron chi connectivity index (χ0n) is 8.42. The molecule has 0 N–H and O–H groups in total. The first-order valence-corrected chi connectivity index (χ1v) is 4.75. The van der Waals surface area contributed by atoms with Crippen LogP contribution in [0.15, 0.2) is 0 Å². The van der Waals surface area contributed by atoms with E-state index in [1.807, 2.05) is 0 Å². The van der Waals surface area contributed by atoms with Gasteiger partial charge in [0.25, 0.3) is 11.6 Å². The van der Waals surface area contributed by atoms with E-state index in [2.05, 4.69) is 0 Å². The van der Waals surface area contributed by atoms with Crippen molar-refractivity contribution in [3.8, 4) is 0 Å². The highest BCUT2D eigenvalue weighted by molar-refractivity contribution is 5.08. The SMILES string of the molecule is CC1CC(CF)C(F)(C(F)(F)F)C(F)(F)C1. The summed E-state index contributed by atoms with van der Waals surface area (Å²) in [7, 11) is 0. The Morgan fingerprint density at radius 3 is 2.06 bits per heavy atom. The van der Waals surface area contributed by atoms with Gasteiger partial charge in [0, 0.05) is 12.3 Å². The van der Waals surface area contributed by atoms with Crippen molar-refractivity contribution in [2.45, 2.75) is 37.5 Å². The van der Waals surface area contributed by atoms with Crippen LogP contribution in [-0.4, -0.2) is 24.4 Å². The van der Waals surface area contributed by atoms with Crippen LogP contribution in [0.5, 0.6) is 0 Å². The summed E-state index contributed by atoms with van der Waals surface area (Å²) < 4.78 is 89.4. The van der Waals surface area contributed by atoms with Crippen LogP contribution >= 0.6 is 0 Å². The zero-order chi connectivity index (χ0) is 12.8. The van der Waals surface area contributed by atoms with Gasteiger partial charge >= 0.3 is 6.18 Å². The van der Waals surface area contributed by atoms with Crippen LogP contribution in [0.2, 0.25) is 0 Å². The Hall–Kier alpha value is -0.490. The van der Waals surface area contributed by atoms with Crippen molar-refractivity contribution in [1.82, 2.24) is 0 Å². The Balaban J connectivity index is 3.19. The normalized spacial score (nSPS) is 39.8. The molecule has 0 aromatic carbocycles. The van der Waals surface area contributed by atoms with Crippen molar-refractivity contribution in [2.24, 2.45) is 11.8 Å². The first-order valence-electron chi connectivity index (χ1n) is 4.75. The van der Waals surface area contributed by atoms with Crippen molar-refractivity contribution >= 4 is 0 Å². The molecule has 0 aromatic rings. The summed E-state index contributed by atoms with van der Waals surface area (Å²) in [6, 6.07) is 0. The van der Waals surface area contributed by atoms with Gasteiger partial charge in [0.2, 0.25) is 0 Å². The molecule has 1 fully saturated rings. The maximum Gasteiger partial charge on any atom is 0.428 e. The second-order valence-electron chi connectivity index (χ2n) is 4.31. The maximum absolute atomic E-state index is 13.6. The lowest BCUT2D eigenvalue weighted by atomic mass is 9.70. The van der Waals surface area contributed by atoms with Gasteiger partial charge in [0.15, 0.2) is 0 Å². The van der Waals surface area contributed by atoms with E-state index in [0.717, 1.165) is 0 Å². The molecule has 0 nitrogen and oxygen atoms in total. The van der Waals surface area contributed by atoms with E-state index in [-0.39, 0.29) is 0 Å². The first kappa shape index (κ1) is 13.6. The molecule has 3 atom stereocenters. The molecule has 1 aliphatic rings. The average Bonchev–Trinajstić information content (AvgIpc) is 2.08. The van der Waals surface area contributed by atoms with E-state index in [0.29, 0.717) is 0 Å². The molecule has 0 radical (unpaired) electrons. The van der Waals surface area contributed by atoms with Gasteiger partial charge in [0.1, 0.15) is 0 Å². The maximum atomic E-state index is 13.6. The summed E-state index contributed by atoms with van der Waals surface area (Å²) >= 11 is 0. The molecule has 1 saturated carbocycles. The molecule has 0 bridgehead atoms. The zero-order valence-corrected chi connectivity index (χ0v) is 8.42. The molecule has 0 heterocycles. The fourth-order valence-corrected chi connectivity index (χ4v) is 2.22. The summed E-state index contributed by atoms with van der Waals surface area (Å²) in [6.07, 6.45) is -7.49. The number of halogens is 7. The van der Waals surface area contributed by atoms with Crippen molar-refractivity contribution in [3.63, 3.8) is 0 Å². The van der Waals surface area contributed by atoms with E-state index in [1.165, 1.54) is 6.92 Å². The highest BCUT2D eigenvalue weighted by Gasteiger charge is 2.75. The molecule has 0 aliphatic heterocycles. The molecule has 1 rings (SSSR count). The lowest BCUT2D eigenvalue weighted by Gasteiger charge is -2.45. The van der Waals surface area contributed by atoms with Gasteiger partial charge in [-0.3, -0.25) is 4.39 Å². The highest BCUT2D eigenvalue weighted by atomic mass is 19.4. The summed E-state index contributed by atoms with van der Waals surface area (Å²) in [6.45, 7) is -0.484. The minimum atomic E-state index is -5.76. The molecule has 96 valence electrons. The molecule has 0 aromatic heterocycles. The fourth-order valence-electron chi connectivity index (χ4n) is 2.22. The Labute approximate surface area is 87.8 Å². The predicted molar refractivity (Wildman–Crippen MR) is 42.7 cm³/mol. The summed E-state index contributed by atoms with van der Waals surface area (Å²) in [5, 5.41) is 0. The molecule has 0 saturated heterocycles. The van der Waals surface area contributed by atoms with Crippen LogP contribution in [0, 0.1) is 11.8 Å². The van der Waals surface area contributed by atoms with Gasteiger partial charge in [-0.1, -0.05) is 6.92 Å². The molecule has 16 heavy (non-hydrogen) atoms. The standard InChI is InChI=1S/C9H11F7/c1-5-2-6(4-10)8(13,9(14,15)16)7(11,12)3-5/h5-6H,2-4H2,1H3. The van der Waals surface area contributed by atoms with Gasteiger partial charge in [-0.2, -0.15) is 13.2 Å². The van der Waals surface area contributed by atoms with E-state index in [4.69, 9.17) is 0 Å². The van der Waals surface area contributed by atoms with E-state index in [9.17, 15) is 30.7 Å². The largest absolute Gasteiger partial charge is 0.428 e. The van der Waals surface area contributed by atoms with E-state index >= 15 is 0 Å². The fraction of sp³-hybridized carbons (Fsp3) is 1.00. The molecule has 3 unspecified atom stereocenters. The third kappa shape index (κ3) is 1.78. The average molecular weight is 252 g/mol. The van der Waals surface area contributed by atoms with Crippen LogP contribution in [0.3, 0.4) is 0 Å². The predicted octanol–water partition coefficient (Wildman–Crippen LogP) is 3.91. The Bertz CT molecular complexity index is 259. The monoisotopic (exact) mass is 252 g/mol. The summed E-state index contributed by atoms with van der Waals surface area (Å²) in [5.41, 5.74) is -4.75. The Morgan fingerprint density at radius 1 is 1.19 bits per heavy atom. The molecular formula is C9H11F7. The lowest BCUT2D eigenvalue weighted by Crippen LogP contribution is -2.63. The highest BCUT2D eigenvalue weighted by Crippen LogP contribution is 2.57. The third-order valence-corrected chi connectivity index (χ3v) is 2.99. The third-order valence-electron chi connectivity index (χ3n) is 2.99. The number of hydrogen-bond acceptors (Lipinski definition) is 0. The van der Waals surface area contributed by atoms with Crippen molar-refractivity contribution in [2.75, 3.05) is 6.67 Å². The molecule has 0 amide bonds. The molecule has 0 spiro atoms. The number of alkyl halides is 7. The van der Waals surface area contributed by atoms with Crippen molar-refractivity contribution < 1.29 is 30.7 Å². The first-order chi connectivity index (χ1) is 7.06. The smallest absolute Gasteiger partial charge is 0.251 e. The van der Waals surface area contributed by atoms with Crippen LogP contribution in [0.25, 0.3) is 0 Å². The van der Waals surface area contributed by atoms with Gasteiger partial charge in [0.05, 0.1) is 6.67 Å². The van der Waals surface area contributed by atoms with Crippen molar-refractivity contribution in [1.29, 1.82) is 0 Å². The lowest BCUT2D eigenvalue weighted by molar-refractivity contribution is -0.336. The van der Waals surface area contributed by atoms with Gasteiger partial charge in [-0.05, 0) is 12.3 Å². The number of rotatable bonds is 1. The van der Waals surface area contributed by atoms with E-state index < -0.39 is 49.1 Å². The van der Waals surface area contributed by atoms with Crippen LogP contribution < -0.4 is 0 Å². The molecular weight excluding hydrogens is 241 g/mol. The van der Waals surface area contributed by atoms with Crippen LogP contribution in [0.1, 0.15) is 19.8 Å². The number of hydrogen-bond donors (Lipinski definition) is 0. The topological polar surface area (TPSA) is 0 Å². The van der Waals surface area contributed by atoms with Gasteiger partial charge < -0.3 is 0 Å². The van der Waals surface area contributed by atoms with Gasteiger partial charge in [-0.25, -0.2) is 13.2 Å². The summed E-state index contributed by atoms with van der Waals surface area (Å²) in [5.74, 6) is -7.73. The minimum absolute atomic E-state index is 0.526. The Morgan fingerprint density at radius 2 is 1.69 bits per heavy atom. The quantitative estimate of drug-likeness (QED) is 0.621. The minimum Gasteiger partial charge on any atom is -0.251 e. The van der Waals surface area contributed by atoms with Crippen LogP contribution in [0.4, 0.5) is 30.7 Å². The second-order valence-corrected chi connectivity index (χ2v) is 4.31. The molecule has 7 heteroatoms. The Kier molecular flexibility index (Phi) is 3.20.